The van der Waals surface area contributed by atoms with Crippen molar-refractivity contribution in [3.8, 4) is 0 Å². The highest BCUT2D eigenvalue weighted by atomic mass is 79.9. The molecule has 27 heavy (non-hydrogen) atoms. The molecule has 1 N–H and O–H groups in total. The molecular weight excluding hydrogens is 412 g/mol. The van der Waals surface area contributed by atoms with Crippen LogP contribution in [0.25, 0.3) is 0 Å². The molecule has 1 aliphatic rings. The Morgan fingerprint density at radius 2 is 1.85 bits per heavy atom. The van der Waals surface area contributed by atoms with E-state index in [2.05, 4.69) is 26.1 Å². The molecule has 1 heterocycles. The van der Waals surface area contributed by atoms with Crippen molar-refractivity contribution in [3.63, 3.8) is 0 Å². The number of nitrogens with one attached hydrogen (secondary N) is 1. The monoisotopic (exact) mass is 432 g/mol. The quantitative estimate of drug-likeness (QED) is 0.729. The van der Waals surface area contributed by atoms with E-state index in [1.165, 1.54) is 0 Å². The zero-order chi connectivity index (χ0) is 19.2. The maximum Gasteiger partial charge on any atom is 0.340 e. The molecule has 3 rings (SSSR count). The molecule has 0 radical (unpaired) electrons. The Balaban J connectivity index is 1.85. The summed E-state index contributed by atoms with van der Waals surface area (Å²) in [5.41, 5.74) is 2.31. The van der Waals surface area contributed by atoms with Gasteiger partial charge in [-0.1, -0.05) is 15.9 Å². The van der Waals surface area contributed by atoms with Crippen molar-refractivity contribution in [1.82, 2.24) is 0 Å². The van der Waals surface area contributed by atoms with Crippen LogP contribution in [0.2, 0.25) is 0 Å². The number of nitrogens with zero attached hydrogens (tertiary/aromatic N) is 1. The standard InChI is InChI=1S/C20H21BrN2O4/c1-2-27-20(25)17-13-16(7-8-18(17)23-9-11-26-12-10-23)22-19(24)14-3-5-15(21)6-4-14/h3-8,13H,2,9-12H2,1H3,(H,22,24). The molecule has 0 aromatic heterocycles. The molecule has 0 spiro atoms. The van der Waals surface area contributed by atoms with E-state index in [9.17, 15) is 9.59 Å². The zero-order valence-electron chi connectivity index (χ0n) is 15.0. The van der Waals surface area contributed by atoms with Gasteiger partial charge in [0.1, 0.15) is 0 Å². The lowest BCUT2D eigenvalue weighted by Gasteiger charge is -2.30. The van der Waals surface area contributed by atoms with E-state index in [0.717, 1.165) is 10.2 Å². The van der Waals surface area contributed by atoms with Crippen molar-refractivity contribution in [3.05, 3.63) is 58.1 Å². The van der Waals surface area contributed by atoms with Gasteiger partial charge in [0.05, 0.1) is 31.1 Å². The third-order valence-electron chi connectivity index (χ3n) is 4.21. The van der Waals surface area contributed by atoms with Gasteiger partial charge in [0.15, 0.2) is 0 Å². The Bertz CT molecular complexity index is 817. The van der Waals surface area contributed by atoms with Crippen LogP contribution in [0.4, 0.5) is 11.4 Å². The normalized spacial score (nSPS) is 13.9. The molecule has 2 aromatic carbocycles. The first-order valence-corrected chi connectivity index (χ1v) is 9.58. The van der Waals surface area contributed by atoms with E-state index < -0.39 is 5.97 Å². The number of carbonyl (C=O) groups excluding carboxylic acids is 2. The number of carbonyl (C=O) groups is 2. The van der Waals surface area contributed by atoms with Crippen LogP contribution >= 0.6 is 15.9 Å². The van der Waals surface area contributed by atoms with Crippen LogP contribution in [0.15, 0.2) is 46.9 Å². The van der Waals surface area contributed by atoms with Gasteiger partial charge in [-0.2, -0.15) is 0 Å². The van der Waals surface area contributed by atoms with Gasteiger partial charge in [0.25, 0.3) is 5.91 Å². The average Bonchev–Trinajstić information content (AvgIpc) is 2.69. The van der Waals surface area contributed by atoms with E-state index in [0.29, 0.717) is 43.1 Å². The molecule has 142 valence electrons. The van der Waals surface area contributed by atoms with Crippen molar-refractivity contribution >= 4 is 39.2 Å². The third-order valence-corrected chi connectivity index (χ3v) is 4.74. The SMILES string of the molecule is CCOC(=O)c1cc(NC(=O)c2ccc(Br)cc2)ccc1N1CCOCC1. The summed E-state index contributed by atoms with van der Waals surface area (Å²) < 4.78 is 11.5. The van der Waals surface area contributed by atoms with Gasteiger partial charge in [-0.25, -0.2) is 4.79 Å². The number of ether oxygens (including phenoxy) is 2. The fourth-order valence-corrected chi connectivity index (χ4v) is 3.14. The number of morpholine rings is 1. The first-order valence-electron chi connectivity index (χ1n) is 8.79. The number of amides is 1. The van der Waals surface area contributed by atoms with Crippen molar-refractivity contribution < 1.29 is 19.1 Å². The highest BCUT2D eigenvalue weighted by molar-refractivity contribution is 9.10. The molecule has 0 unspecified atom stereocenters. The van der Waals surface area contributed by atoms with Crippen LogP contribution in [0.1, 0.15) is 27.6 Å². The Morgan fingerprint density at radius 3 is 2.52 bits per heavy atom. The van der Waals surface area contributed by atoms with E-state index in [1.807, 2.05) is 6.07 Å². The van der Waals surface area contributed by atoms with Gasteiger partial charge < -0.3 is 19.7 Å². The maximum absolute atomic E-state index is 12.5. The number of hydrogen-bond acceptors (Lipinski definition) is 5. The lowest BCUT2D eigenvalue weighted by molar-refractivity contribution is 0.0526. The molecule has 6 nitrogen and oxygen atoms in total. The number of hydrogen-bond donors (Lipinski definition) is 1. The van der Waals surface area contributed by atoms with Gasteiger partial charge in [-0.3, -0.25) is 4.79 Å². The lowest BCUT2D eigenvalue weighted by Crippen LogP contribution is -2.37. The summed E-state index contributed by atoms with van der Waals surface area (Å²) in [4.78, 5) is 27.0. The Hall–Kier alpha value is -2.38. The second-order valence-corrected chi connectivity index (χ2v) is 6.93. The van der Waals surface area contributed by atoms with Crippen LogP contribution < -0.4 is 10.2 Å². The molecule has 0 aliphatic carbocycles. The van der Waals surface area contributed by atoms with Crippen LogP contribution in [-0.4, -0.2) is 44.8 Å². The number of esters is 1. The van der Waals surface area contributed by atoms with Gasteiger partial charge in [-0.05, 0) is 49.4 Å². The van der Waals surface area contributed by atoms with E-state index in [4.69, 9.17) is 9.47 Å². The fraction of sp³-hybridized carbons (Fsp3) is 0.300. The van der Waals surface area contributed by atoms with Crippen molar-refractivity contribution in [2.24, 2.45) is 0 Å². The Morgan fingerprint density at radius 1 is 1.15 bits per heavy atom. The van der Waals surface area contributed by atoms with Gasteiger partial charge in [0, 0.05) is 28.8 Å². The van der Waals surface area contributed by atoms with Crippen LogP contribution in [0.5, 0.6) is 0 Å². The highest BCUT2D eigenvalue weighted by Crippen LogP contribution is 2.26. The zero-order valence-corrected chi connectivity index (χ0v) is 16.6. The molecule has 1 amide bonds. The van der Waals surface area contributed by atoms with Crippen molar-refractivity contribution in [2.75, 3.05) is 43.1 Å². The predicted octanol–water partition coefficient (Wildman–Crippen LogP) is 3.71. The average molecular weight is 433 g/mol. The summed E-state index contributed by atoms with van der Waals surface area (Å²) in [6.45, 7) is 4.70. The summed E-state index contributed by atoms with van der Waals surface area (Å²) in [6, 6.07) is 12.4. The molecule has 0 atom stereocenters. The van der Waals surface area contributed by atoms with Crippen LogP contribution in [0, 0.1) is 0 Å². The molecule has 2 aromatic rings. The summed E-state index contributed by atoms with van der Waals surface area (Å²) in [6.07, 6.45) is 0. The molecule has 1 aliphatic heterocycles. The highest BCUT2D eigenvalue weighted by Gasteiger charge is 2.20. The Kier molecular flexibility index (Phi) is 6.47. The van der Waals surface area contributed by atoms with Crippen molar-refractivity contribution in [1.29, 1.82) is 0 Å². The number of halogens is 1. The fourth-order valence-electron chi connectivity index (χ4n) is 2.87. The second kappa shape index (κ2) is 9.01. The number of anilines is 2. The van der Waals surface area contributed by atoms with Crippen LogP contribution in [-0.2, 0) is 9.47 Å². The molecule has 1 fully saturated rings. The van der Waals surface area contributed by atoms with E-state index in [-0.39, 0.29) is 12.5 Å². The molecule has 7 heteroatoms. The molecule has 0 bridgehead atoms. The van der Waals surface area contributed by atoms with E-state index in [1.54, 1.807) is 43.3 Å². The molecule has 1 saturated heterocycles. The van der Waals surface area contributed by atoms with Crippen molar-refractivity contribution in [2.45, 2.75) is 6.92 Å². The van der Waals surface area contributed by atoms with E-state index >= 15 is 0 Å². The summed E-state index contributed by atoms with van der Waals surface area (Å²) in [5, 5.41) is 2.84. The minimum absolute atomic E-state index is 0.239. The summed E-state index contributed by atoms with van der Waals surface area (Å²) >= 11 is 3.35. The minimum atomic E-state index is -0.404. The minimum Gasteiger partial charge on any atom is -0.462 e. The van der Waals surface area contributed by atoms with Gasteiger partial charge in [0.2, 0.25) is 0 Å². The summed E-state index contributed by atoms with van der Waals surface area (Å²) in [7, 11) is 0. The van der Waals surface area contributed by atoms with Crippen LogP contribution in [0.3, 0.4) is 0 Å². The summed E-state index contributed by atoms with van der Waals surface area (Å²) in [5.74, 6) is -0.643. The lowest BCUT2D eigenvalue weighted by atomic mass is 10.1. The van der Waals surface area contributed by atoms with Gasteiger partial charge in [-0.15, -0.1) is 0 Å². The third kappa shape index (κ3) is 4.87. The number of benzene rings is 2. The molecule has 0 saturated carbocycles. The first kappa shape index (κ1) is 19.4. The largest absolute Gasteiger partial charge is 0.462 e. The van der Waals surface area contributed by atoms with Gasteiger partial charge >= 0.3 is 5.97 Å². The number of rotatable bonds is 5. The topological polar surface area (TPSA) is 67.9 Å². The predicted molar refractivity (Wildman–Crippen MR) is 108 cm³/mol. The second-order valence-electron chi connectivity index (χ2n) is 6.01. The smallest absolute Gasteiger partial charge is 0.340 e. The molecular formula is C20H21BrN2O4. The Labute approximate surface area is 166 Å². The maximum atomic E-state index is 12.5. The first-order chi connectivity index (χ1) is 13.1.